The molecule has 0 spiro atoms. The molecule has 0 unspecified atom stereocenters. The van der Waals surface area contributed by atoms with Gasteiger partial charge in [0.25, 0.3) is 0 Å². The first-order chi connectivity index (χ1) is 10.1. The van der Waals surface area contributed by atoms with Gasteiger partial charge in [0.15, 0.2) is 5.03 Å². The molecule has 1 N–H and O–H groups in total. The maximum atomic E-state index is 12.9. The summed E-state index contributed by atoms with van der Waals surface area (Å²) in [5.41, 5.74) is 1.09. The number of nitrogens with one attached hydrogen (secondary N) is 1. The minimum atomic E-state index is -3.63. The molecule has 4 nitrogen and oxygen atoms in total. The van der Waals surface area contributed by atoms with E-state index in [1.807, 2.05) is 0 Å². The lowest BCUT2D eigenvalue weighted by Crippen LogP contribution is -2.01. The number of hydrogen-bond donors (Lipinski definition) is 1. The molecule has 1 aromatic heterocycles. The van der Waals surface area contributed by atoms with Gasteiger partial charge < -0.3 is 0 Å². The van der Waals surface area contributed by atoms with Crippen molar-refractivity contribution in [1.29, 1.82) is 0 Å². The Morgan fingerprint density at radius 1 is 0.952 bits per heavy atom. The first kappa shape index (κ1) is 13.5. The van der Waals surface area contributed by atoms with Gasteiger partial charge in [0.2, 0.25) is 9.84 Å². The number of aromatic amines is 1. The molecule has 106 valence electrons. The van der Waals surface area contributed by atoms with Gasteiger partial charge >= 0.3 is 0 Å². The van der Waals surface area contributed by atoms with Crippen LogP contribution in [0.5, 0.6) is 0 Å². The van der Waals surface area contributed by atoms with Gasteiger partial charge in [-0.05, 0) is 36.4 Å². The smallest absolute Gasteiger partial charge is 0.223 e. The van der Waals surface area contributed by atoms with E-state index in [1.54, 1.807) is 30.3 Å². The van der Waals surface area contributed by atoms with Crippen LogP contribution in [-0.4, -0.2) is 18.6 Å². The summed E-state index contributed by atoms with van der Waals surface area (Å²) in [7, 11) is -3.63. The van der Waals surface area contributed by atoms with Crippen LogP contribution in [0.4, 0.5) is 4.39 Å². The van der Waals surface area contributed by atoms with E-state index in [2.05, 4.69) is 10.2 Å². The van der Waals surface area contributed by atoms with Gasteiger partial charge in [0.05, 0.1) is 10.6 Å². The maximum Gasteiger partial charge on any atom is 0.223 e. The Labute approximate surface area is 121 Å². The van der Waals surface area contributed by atoms with Crippen LogP contribution in [0, 0.1) is 5.82 Å². The third-order valence-electron chi connectivity index (χ3n) is 3.04. The zero-order valence-electron chi connectivity index (χ0n) is 10.8. The van der Waals surface area contributed by atoms with Crippen LogP contribution in [0.25, 0.3) is 11.3 Å². The van der Waals surface area contributed by atoms with Gasteiger partial charge in [0, 0.05) is 11.6 Å². The Bertz CT molecular complexity index is 856. The van der Waals surface area contributed by atoms with Crippen molar-refractivity contribution >= 4 is 9.84 Å². The van der Waals surface area contributed by atoms with Crippen molar-refractivity contribution in [3.63, 3.8) is 0 Å². The number of benzene rings is 2. The number of sulfone groups is 1. The van der Waals surface area contributed by atoms with E-state index in [4.69, 9.17) is 0 Å². The summed E-state index contributed by atoms with van der Waals surface area (Å²) >= 11 is 0. The highest BCUT2D eigenvalue weighted by atomic mass is 32.2. The van der Waals surface area contributed by atoms with E-state index < -0.39 is 9.84 Å². The van der Waals surface area contributed by atoms with E-state index in [9.17, 15) is 12.8 Å². The third kappa shape index (κ3) is 2.57. The fourth-order valence-electron chi connectivity index (χ4n) is 1.94. The lowest BCUT2D eigenvalue weighted by molar-refractivity contribution is 0.592. The molecule has 0 atom stereocenters. The molecule has 0 radical (unpaired) electrons. The molecular formula is C15H11FN2O2S. The Morgan fingerprint density at radius 2 is 1.62 bits per heavy atom. The lowest BCUT2D eigenvalue weighted by Gasteiger charge is -2.00. The molecule has 0 aliphatic rings. The fourth-order valence-corrected chi connectivity index (χ4v) is 3.14. The fraction of sp³-hybridized carbons (Fsp3) is 0. The van der Waals surface area contributed by atoms with Crippen LogP contribution in [0.2, 0.25) is 0 Å². The van der Waals surface area contributed by atoms with E-state index in [-0.39, 0.29) is 15.7 Å². The molecule has 0 aliphatic heterocycles. The molecule has 0 fully saturated rings. The lowest BCUT2D eigenvalue weighted by atomic mass is 10.1. The highest BCUT2D eigenvalue weighted by Gasteiger charge is 2.20. The average Bonchev–Trinajstić information content (AvgIpc) is 2.99. The number of aromatic nitrogens is 2. The van der Waals surface area contributed by atoms with Crippen LogP contribution in [0.15, 0.2) is 70.6 Å². The van der Waals surface area contributed by atoms with Crippen molar-refractivity contribution < 1.29 is 12.8 Å². The quantitative estimate of drug-likeness (QED) is 0.809. The molecule has 6 heteroatoms. The first-order valence-electron chi connectivity index (χ1n) is 6.19. The molecular weight excluding hydrogens is 291 g/mol. The second-order valence-corrected chi connectivity index (χ2v) is 6.36. The summed E-state index contributed by atoms with van der Waals surface area (Å²) in [6, 6.07) is 15.2. The van der Waals surface area contributed by atoms with Crippen LogP contribution in [0.1, 0.15) is 0 Å². The SMILES string of the molecule is O=S(=O)(c1ccccc1)c1cc(-c2ccc(F)cc2)n[nH]1. The minimum absolute atomic E-state index is 0.00743. The molecule has 3 aromatic rings. The predicted molar refractivity (Wildman–Crippen MR) is 75.9 cm³/mol. The van der Waals surface area contributed by atoms with Crippen molar-refractivity contribution in [1.82, 2.24) is 10.2 Å². The predicted octanol–water partition coefficient (Wildman–Crippen LogP) is 3.05. The van der Waals surface area contributed by atoms with Gasteiger partial charge in [-0.15, -0.1) is 0 Å². The molecule has 0 aliphatic carbocycles. The molecule has 21 heavy (non-hydrogen) atoms. The number of H-pyrrole nitrogens is 1. The topological polar surface area (TPSA) is 62.8 Å². The van der Waals surface area contributed by atoms with Crippen molar-refractivity contribution in [2.75, 3.05) is 0 Å². The Balaban J connectivity index is 2.01. The number of nitrogens with zero attached hydrogens (tertiary/aromatic N) is 1. The van der Waals surface area contributed by atoms with Crippen LogP contribution in [-0.2, 0) is 9.84 Å². The van der Waals surface area contributed by atoms with E-state index in [0.29, 0.717) is 11.3 Å². The molecule has 1 heterocycles. The normalized spacial score (nSPS) is 11.5. The molecule has 0 saturated heterocycles. The van der Waals surface area contributed by atoms with Crippen molar-refractivity contribution in [2.24, 2.45) is 0 Å². The summed E-state index contributed by atoms with van der Waals surface area (Å²) in [5.74, 6) is -0.355. The van der Waals surface area contributed by atoms with Gasteiger partial charge in [-0.3, -0.25) is 5.10 Å². The summed E-state index contributed by atoms with van der Waals surface area (Å²) in [5, 5.41) is 6.51. The van der Waals surface area contributed by atoms with E-state index in [0.717, 1.165) is 0 Å². The van der Waals surface area contributed by atoms with Crippen LogP contribution >= 0.6 is 0 Å². The molecule has 0 amide bonds. The van der Waals surface area contributed by atoms with Crippen molar-refractivity contribution in [3.05, 3.63) is 66.5 Å². The number of hydrogen-bond acceptors (Lipinski definition) is 3. The van der Waals surface area contributed by atoms with Gasteiger partial charge in [-0.2, -0.15) is 5.10 Å². The number of rotatable bonds is 3. The van der Waals surface area contributed by atoms with Crippen molar-refractivity contribution in [2.45, 2.75) is 9.92 Å². The first-order valence-corrected chi connectivity index (χ1v) is 7.67. The Morgan fingerprint density at radius 3 is 2.29 bits per heavy atom. The highest BCUT2D eigenvalue weighted by Crippen LogP contribution is 2.24. The Hall–Kier alpha value is -2.47. The zero-order chi connectivity index (χ0) is 14.9. The number of halogens is 1. The minimum Gasteiger partial charge on any atom is -0.266 e. The van der Waals surface area contributed by atoms with Crippen molar-refractivity contribution in [3.8, 4) is 11.3 Å². The van der Waals surface area contributed by atoms with Gasteiger partial charge in [-0.1, -0.05) is 18.2 Å². The van der Waals surface area contributed by atoms with Gasteiger partial charge in [-0.25, -0.2) is 12.8 Å². The zero-order valence-corrected chi connectivity index (χ0v) is 11.6. The van der Waals surface area contributed by atoms with Crippen LogP contribution in [0.3, 0.4) is 0 Å². The monoisotopic (exact) mass is 302 g/mol. The Kier molecular flexibility index (Phi) is 3.31. The van der Waals surface area contributed by atoms with Crippen LogP contribution < -0.4 is 0 Å². The molecule has 0 bridgehead atoms. The van der Waals surface area contributed by atoms with E-state index >= 15 is 0 Å². The summed E-state index contributed by atoms with van der Waals surface area (Å²) in [4.78, 5) is 0.194. The average molecular weight is 302 g/mol. The highest BCUT2D eigenvalue weighted by molar-refractivity contribution is 7.91. The van der Waals surface area contributed by atoms with Gasteiger partial charge in [0.1, 0.15) is 5.82 Å². The molecule has 2 aromatic carbocycles. The summed E-state index contributed by atoms with van der Waals surface area (Å²) < 4.78 is 37.7. The second-order valence-electron chi connectivity index (χ2n) is 4.44. The standard InChI is InChI=1S/C15H11FN2O2S/c16-12-8-6-11(7-9-12)14-10-15(18-17-14)21(19,20)13-4-2-1-3-5-13/h1-10H,(H,17,18). The van der Waals surface area contributed by atoms with E-state index in [1.165, 1.54) is 30.3 Å². The molecule has 3 rings (SSSR count). The molecule has 0 saturated carbocycles. The summed E-state index contributed by atoms with van der Waals surface area (Å²) in [6.07, 6.45) is 0. The summed E-state index contributed by atoms with van der Waals surface area (Å²) in [6.45, 7) is 0. The maximum absolute atomic E-state index is 12.9. The third-order valence-corrected chi connectivity index (χ3v) is 4.72. The second kappa shape index (κ2) is 5.14. The largest absolute Gasteiger partial charge is 0.266 e.